The molecule has 0 heterocycles. The molecule has 4 nitrogen and oxygen atoms in total. The second-order valence-electron chi connectivity index (χ2n) is 4.69. The summed E-state index contributed by atoms with van der Waals surface area (Å²) in [6, 6.07) is -0.253. The Morgan fingerprint density at radius 1 is 0.783 bits per heavy atom. The number of hydrogen-bond donors (Lipinski definition) is 1. The average Bonchev–Trinajstić information content (AvgIpc) is 2.36. The Balaban J connectivity index is 5.09. The minimum Gasteiger partial charge on any atom is -0.374 e. The SMILES string of the molecule is CCO[Si](CCCC(O)(C(F)(F)F)C(F)(F)F)(OCC)OCC. The monoisotopic (exact) mass is 372 g/mol. The second-order valence-corrected chi connectivity index (χ2v) is 7.42. The molecule has 0 rings (SSSR count). The average molecular weight is 372 g/mol. The van der Waals surface area contributed by atoms with Crippen LogP contribution in [0.4, 0.5) is 26.3 Å². The molecule has 1 N–H and O–H groups in total. The van der Waals surface area contributed by atoms with Gasteiger partial charge >= 0.3 is 21.2 Å². The molecule has 0 aliphatic carbocycles. The van der Waals surface area contributed by atoms with Gasteiger partial charge in [0.2, 0.25) is 0 Å². The lowest BCUT2D eigenvalue weighted by molar-refractivity contribution is -0.370. The van der Waals surface area contributed by atoms with Crippen LogP contribution in [-0.4, -0.2) is 51.7 Å². The third-order valence-electron chi connectivity index (χ3n) is 3.05. The van der Waals surface area contributed by atoms with Gasteiger partial charge in [0.05, 0.1) is 0 Å². The number of hydrogen-bond acceptors (Lipinski definition) is 4. The fourth-order valence-electron chi connectivity index (χ4n) is 2.01. The van der Waals surface area contributed by atoms with Crippen LogP contribution in [0.1, 0.15) is 33.6 Å². The van der Waals surface area contributed by atoms with E-state index in [9.17, 15) is 26.3 Å². The van der Waals surface area contributed by atoms with Crippen molar-refractivity contribution in [2.24, 2.45) is 0 Å². The van der Waals surface area contributed by atoms with E-state index in [0.717, 1.165) is 0 Å². The minimum absolute atomic E-state index is 0.148. The highest BCUT2D eigenvalue weighted by molar-refractivity contribution is 6.60. The molecule has 0 aliphatic rings. The third-order valence-corrected chi connectivity index (χ3v) is 6.20. The van der Waals surface area contributed by atoms with Crippen molar-refractivity contribution in [2.75, 3.05) is 19.8 Å². The van der Waals surface area contributed by atoms with Crippen molar-refractivity contribution in [1.82, 2.24) is 0 Å². The van der Waals surface area contributed by atoms with E-state index in [-0.39, 0.29) is 25.9 Å². The van der Waals surface area contributed by atoms with Gasteiger partial charge in [0, 0.05) is 25.9 Å². The number of aliphatic hydroxyl groups is 1. The van der Waals surface area contributed by atoms with Crippen LogP contribution in [0.2, 0.25) is 6.04 Å². The minimum atomic E-state index is -5.82. The van der Waals surface area contributed by atoms with Crippen LogP contribution < -0.4 is 0 Å². The van der Waals surface area contributed by atoms with E-state index in [1.165, 1.54) is 0 Å². The first kappa shape index (κ1) is 22.6. The molecule has 140 valence electrons. The Hall–Kier alpha value is -0.363. The highest BCUT2D eigenvalue weighted by Crippen LogP contribution is 2.46. The normalized spacial score (nSPS) is 14.3. The smallest absolute Gasteiger partial charge is 0.374 e. The van der Waals surface area contributed by atoms with Gasteiger partial charge < -0.3 is 18.4 Å². The number of halogens is 6. The maximum absolute atomic E-state index is 12.6. The van der Waals surface area contributed by atoms with Gasteiger partial charge in [0.25, 0.3) is 5.60 Å². The Morgan fingerprint density at radius 3 is 1.39 bits per heavy atom. The molecular weight excluding hydrogens is 350 g/mol. The molecule has 0 radical (unpaired) electrons. The Morgan fingerprint density at radius 2 is 1.13 bits per heavy atom. The Kier molecular flexibility index (Phi) is 8.51. The van der Waals surface area contributed by atoms with Crippen molar-refractivity contribution in [3.63, 3.8) is 0 Å². The van der Waals surface area contributed by atoms with Crippen molar-refractivity contribution in [2.45, 2.75) is 57.6 Å². The van der Waals surface area contributed by atoms with E-state index >= 15 is 0 Å². The van der Waals surface area contributed by atoms with E-state index in [1.807, 2.05) is 0 Å². The van der Waals surface area contributed by atoms with Crippen molar-refractivity contribution < 1.29 is 44.7 Å². The van der Waals surface area contributed by atoms with Crippen LogP contribution in [0.25, 0.3) is 0 Å². The lowest BCUT2D eigenvalue weighted by Crippen LogP contribution is -2.57. The molecule has 0 unspecified atom stereocenters. The van der Waals surface area contributed by atoms with Crippen LogP contribution >= 0.6 is 0 Å². The van der Waals surface area contributed by atoms with Crippen LogP contribution in [0.15, 0.2) is 0 Å². The molecule has 0 aliphatic heterocycles. The molecular formula is C12H22F6O4Si. The molecule has 0 saturated heterocycles. The summed E-state index contributed by atoms with van der Waals surface area (Å²) >= 11 is 0. The molecule has 23 heavy (non-hydrogen) atoms. The molecule has 0 aromatic rings. The summed E-state index contributed by atoms with van der Waals surface area (Å²) in [4.78, 5) is 0. The van der Waals surface area contributed by atoms with Gasteiger partial charge in [-0.05, 0) is 33.6 Å². The third kappa shape index (κ3) is 5.89. The van der Waals surface area contributed by atoms with Crippen molar-refractivity contribution >= 4 is 8.80 Å². The van der Waals surface area contributed by atoms with Crippen LogP contribution in [0.5, 0.6) is 0 Å². The van der Waals surface area contributed by atoms with Crippen molar-refractivity contribution in [3.05, 3.63) is 0 Å². The molecule has 0 atom stereocenters. The maximum Gasteiger partial charge on any atom is 0.500 e. The van der Waals surface area contributed by atoms with E-state index in [1.54, 1.807) is 20.8 Å². The molecule has 0 bridgehead atoms. The molecule has 0 aromatic heterocycles. The zero-order valence-corrected chi connectivity index (χ0v) is 14.2. The predicted molar refractivity (Wildman–Crippen MR) is 71.7 cm³/mol. The lowest BCUT2D eigenvalue weighted by atomic mass is 9.97. The first-order valence-electron chi connectivity index (χ1n) is 7.16. The maximum atomic E-state index is 12.6. The summed E-state index contributed by atoms with van der Waals surface area (Å²) in [6.45, 7) is 5.28. The second kappa shape index (κ2) is 8.65. The summed E-state index contributed by atoms with van der Waals surface area (Å²) < 4.78 is 91.7. The van der Waals surface area contributed by atoms with E-state index in [2.05, 4.69) is 0 Å². The Bertz CT molecular complexity index is 316. The first-order chi connectivity index (χ1) is 10.4. The predicted octanol–water partition coefficient (Wildman–Crippen LogP) is 3.67. The topological polar surface area (TPSA) is 47.9 Å². The largest absolute Gasteiger partial charge is 0.500 e. The molecule has 0 amide bonds. The summed E-state index contributed by atoms with van der Waals surface area (Å²) in [7, 11) is -3.36. The standard InChI is InChI=1S/C12H22F6O4Si/c1-4-20-23(21-5-2,22-6-3)9-7-8-10(19,11(13,14)15)12(16,17)18/h19H,4-9H2,1-3H3. The summed E-state index contributed by atoms with van der Waals surface area (Å²) in [6.07, 6.45) is -13.8. The van der Waals surface area contributed by atoms with Crippen molar-refractivity contribution in [3.8, 4) is 0 Å². The van der Waals surface area contributed by atoms with Crippen LogP contribution in [-0.2, 0) is 13.3 Å². The summed E-state index contributed by atoms with van der Waals surface area (Å²) in [5, 5.41) is 9.11. The lowest BCUT2D eigenvalue weighted by Gasteiger charge is -2.33. The molecule has 11 heteroatoms. The van der Waals surface area contributed by atoms with Gasteiger partial charge in [-0.1, -0.05) is 0 Å². The van der Waals surface area contributed by atoms with E-state index in [0.29, 0.717) is 0 Å². The molecule has 0 saturated carbocycles. The zero-order valence-electron chi connectivity index (χ0n) is 13.2. The number of rotatable bonds is 10. The van der Waals surface area contributed by atoms with Gasteiger partial charge in [-0.3, -0.25) is 0 Å². The van der Waals surface area contributed by atoms with Crippen molar-refractivity contribution in [1.29, 1.82) is 0 Å². The molecule has 0 spiro atoms. The van der Waals surface area contributed by atoms with E-state index in [4.69, 9.17) is 18.4 Å². The quantitative estimate of drug-likeness (QED) is 0.470. The van der Waals surface area contributed by atoms with Gasteiger partial charge in [-0.15, -0.1) is 0 Å². The van der Waals surface area contributed by atoms with Gasteiger partial charge in [0.15, 0.2) is 0 Å². The molecule has 0 aromatic carbocycles. The van der Waals surface area contributed by atoms with Crippen LogP contribution in [0, 0.1) is 0 Å². The first-order valence-corrected chi connectivity index (χ1v) is 9.10. The van der Waals surface area contributed by atoms with Gasteiger partial charge in [-0.25, -0.2) is 0 Å². The van der Waals surface area contributed by atoms with E-state index < -0.39 is 39.6 Å². The Labute approximate surface area is 132 Å². The summed E-state index contributed by atoms with van der Waals surface area (Å²) in [5.74, 6) is 0. The van der Waals surface area contributed by atoms with Gasteiger partial charge in [0.1, 0.15) is 0 Å². The highest BCUT2D eigenvalue weighted by Gasteiger charge is 2.69. The number of alkyl halides is 6. The zero-order chi connectivity index (χ0) is 18.4. The molecule has 0 fully saturated rings. The van der Waals surface area contributed by atoms with Gasteiger partial charge in [-0.2, -0.15) is 26.3 Å². The fraction of sp³-hybridized carbons (Fsp3) is 1.00. The summed E-state index contributed by atoms with van der Waals surface area (Å²) in [5.41, 5.74) is -4.76. The highest BCUT2D eigenvalue weighted by atomic mass is 28.4. The van der Waals surface area contributed by atoms with Crippen LogP contribution in [0.3, 0.4) is 0 Å². The fourth-order valence-corrected chi connectivity index (χ4v) is 4.62.